The zero-order valence-corrected chi connectivity index (χ0v) is 34.0. The number of carbonyl (C=O) groups is 3. The van der Waals surface area contributed by atoms with Gasteiger partial charge in [0.1, 0.15) is 6.04 Å². The summed E-state index contributed by atoms with van der Waals surface area (Å²) < 4.78 is 7.39. The van der Waals surface area contributed by atoms with E-state index in [1.165, 1.54) is 29.6 Å². The molecule has 0 aliphatic carbocycles. The first kappa shape index (κ1) is 41.5. The summed E-state index contributed by atoms with van der Waals surface area (Å²) in [6, 6.07) is 19.9. The number of rotatable bonds is 13. The molecule has 0 aromatic heterocycles. The van der Waals surface area contributed by atoms with Crippen LogP contribution < -0.4 is 26.3 Å². The SMILES string of the molecule is CCCCCCCC1CCC/C=C/CC2(CCNC2=O)C[C@@H](CO[Si](c2ccccc2)(c2ccccc2)C(C)(C)C)NC(=O)[C@H](CC(C)C)NC1=O. The summed E-state index contributed by atoms with van der Waals surface area (Å²) in [6.45, 7) is 14.0. The van der Waals surface area contributed by atoms with Crippen LogP contribution in [0.25, 0.3) is 0 Å². The number of allylic oxidation sites excluding steroid dienone is 2. The lowest BCUT2D eigenvalue weighted by atomic mass is 9.77. The summed E-state index contributed by atoms with van der Waals surface area (Å²) >= 11 is 0. The molecule has 286 valence electrons. The molecule has 8 heteroatoms. The zero-order valence-electron chi connectivity index (χ0n) is 33.0. The number of benzene rings is 2. The molecule has 3 N–H and O–H groups in total. The minimum atomic E-state index is -2.93. The van der Waals surface area contributed by atoms with Crippen molar-refractivity contribution >= 4 is 36.4 Å². The third-order valence-electron chi connectivity index (χ3n) is 11.2. The minimum absolute atomic E-state index is 0.0121. The summed E-state index contributed by atoms with van der Waals surface area (Å²) in [5, 5.41) is 11.8. The van der Waals surface area contributed by atoms with Crippen LogP contribution >= 0.6 is 0 Å². The van der Waals surface area contributed by atoms with E-state index in [2.05, 4.69) is 118 Å². The van der Waals surface area contributed by atoms with Gasteiger partial charge in [0.25, 0.3) is 8.32 Å². The Morgan fingerprint density at radius 3 is 2.10 bits per heavy atom. The molecule has 7 nitrogen and oxygen atoms in total. The molecule has 2 aromatic rings. The predicted molar refractivity (Wildman–Crippen MR) is 216 cm³/mol. The fraction of sp³-hybridized carbons (Fsp3) is 0.614. The summed E-state index contributed by atoms with van der Waals surface area (Å²) in [5.74, 6) is -0.0839. The van der Waals surface area contributed by atoms with E-state index in [0.717, 1.165) is 38.5 Å². The van der Waals surface area contributed by atoms with E-state index in [1.807, 2.05) is 12.1 Å². The Hall–Kier alpha value is -3.23. The molecule has 52 heavy (non-hydrogen) atoms. The van der Waals surface area contributed by atoms with Crippen molar-refractivity contribution in [3.05, 3.63) is 72.8 Å². The van der Waals surface area contributed by atoms with Gasteiger partial charge in [-0.25, -0.2) is 0 Å². The Labute approximate surface area is 315 Å². The molecule has 2 unspecified atom stereocenters. The van der Waals surface area contributed by atoms with Gasteiger partial charge in [-0.3, -0.25) is 14.4 Å². The van der Waals surface area contributed by atoms with Crippen LogP contribution in [-0.4, -0.2) is 51.3 Å². The van der Waals surface area contributed by atoms with Gasteiger partial charge in [0, 0.05) is 12.5 Å². The number of carbonyl (C=O) groups excluding carboxylic acids is 3. The van der Waals surface area contributed by atoms with E-state index < -0.39 is 25.8 Å². The largest absolute Gasteiger partial charge is 0.405 e. The smallest absolute Gasteiger partial charge is 0.261 e. The van der Waals surface area contributed by atoms with Crippen molar-refractivity contribution in [2.24, 2.45) is 17.3 Å². The van der Waals surface area contributed by atoms with Gasteiger partial charge in [0.15, 0.2) is 0 Å². The van der Waals surface area contributed by atoms with E-state index in [1.54, 1.807) is 0 Å². The Kier molecular flexibility index (Phi) is 15.8. The highest BCUT2D eigenvalue weighted by Gasteiger charge is 2.51. The summed E-state index contributed by atoms with van der Waals surface area (Å²) in [5.41, 5.74) is -0.652. The minimum Gasteiger partial charge on any atom is -0.405 e. The molecule has 0 bridgehead atoms. The van der Waals surface area contributed by atoms with Gasteiger partial charge in [-0.2, -0.15) is 0 Å². The fourth-order valence-electron chi connectivity index (χ4n) is 8.40. The van der Waals surface area contributed by atoms with Crippen LogP contribution in [0.15, 0.2) is 72.8 Å². The maximum atomic E-state index is 14.4. The van der Waals surface area contributed by atoms with Crippen molar-refractivity contribution in [1.82, 2.24) is 16.0 Å². The van der Waals surface area contributed by atoms with E-state index >= 15 is 0 Å². The van der Waals surface area contributed by atoms with Crippen LogP contribution in [-0.2, 0) is 18.8 Å². The first-order chi connectivity index (χ1) is 24.9. The lowest BCUT2D eigenvalue weighted by Crippen LogP contribution is -2.67. The predicted octanol–water partition coefficient (Wildman–Crippen LogP) is 7.58. The van der Waals surface area contributed by atoms with Gasteiger partial charge in [0.2, 0.25) is 17.7 Å². The monoisotopic (exact) mass is 729 g/mol. The third kappa shape index (κ3) is 10.9. The maximum absolute atomic E-state index is 14.4. The lowest BCUT2D eigenvalue weighted by Gasteiger charge is -2.44. The van der Waals surface area contributed by atoms with Crippen LogP contribution in [0.2, 0.25) is 5.04 Å². The molecule has 3 amide bonds. The maximum Gasteiger partial charge on any atom is 0.261 e. The van der Waals surface area contributed by atoms with Gasteiger partial charge in [-0.1, -0.05) is 146 Å². The van der Waals surface area contributed by atoms with Crippen molar-refractivity contribution < 1.29 is 18.8 Å². The first-order valence-electron chi connectivity index (χ1n) is 20.2. The first-order valence-corrected chi connectivity index (χ1v) is 22.1. The summed E-state index contributed by atoms with van der Waals surface area (Å²) in [4.78, 5) is 42.1. The Morgan fingerprint density at radius 1 is 0.865 bits per heavy atom. The van der Waals surface area contributed by atoms with Crippen molar-refractivity contribution in [3.63, 3.8) is 0 Å². The summed E-state index contributed by atoms with van der Waals surface area (Å²) in [6.07, 6.45) is 15.8. The number of hydrogen-bond donors (Lipinski definition) is 3. The molecule has 2 aliphatic rings. The molecular formula is C44H67N3O4Si. The lowest BCUT2D eigenvalue weighted by molar-refractivity contribution is -0.133. The molecule has 1 saturated heterocycles. The molecule has 2 heterocycles. The molecule has 2 aromatic carbocycles. The van der Waals surface area contributed by atoms with Crippen LogP contribution in [0.4, 0.5) is 0 Å². The van der Waals surface area contributed by atoms with Gasteiger partial charge < -0.3 is 20.4 Å². The highest BCUT2D eigenvalue weighted by atomic mass is 28.4. The van der Waals surface area contributed by atoms with Gasteiger partial charge in [-0.15, -0.1) is 0 Å². The van der Waals surface area contributed by atoms with E-state index in [-0.39, 0.29) is 41.2 Å². The quantitative estimate of drug-likeness (QED) is 0.113. The Bertz CT molecular complexity index is 1400. The molecule has 4 atom stereocenters. The van der Waals surface area contributed by atoms with Gasteiger partial charge >= 0.3 is 0 Å². The highest BCUT2D eigenvalue weighted by Crippen LogP contribution is 2.39. The molecule has 4 rings (SSSR count). The topological polar surface area (TPSA) is 96.5 Å². The zero-order chi connectivity index (χ0) is 37.6. The third-order valence-corrected chi connectivity index (χ3v) is 16.2. The van der Waals surface area contributed by atoms with Crippen LogP contribution in [0.5, 0.6) is 0 Å². The molecular weight excluding hydrogens is 663 g/mol. The second-order valence-corrected chi connectivity index (χ2v) is 21.2. The average Bonchev–Trinajstić information content (AvgIpc) is 3.46. The van der Waals surface area contributed by atoms with Gasteiger partial charge in [-0.05, 0) is 72.7 Å². The Morgan fingerprint density at radius 2 is 1.52 bits per heavy atom. The second-order valence-electron chi connectivity index (χ2n) is 16.9. The Balaban J connectivity index is 1.71. The number of unbranched alkanes of at least 4 members (excludes halogenated alkanes) is 4. The van der Waals surface area contributed by atoms with Crippen LogP contribution in [0.1, 0.15) is 125 Å². The molecule has 1 fully saturated rings. The molecule has 1 spiro atoms. The van der Waals surface area contributed by atoms with Crippen molar-refractivity contribution in [2.45, 2.75) is 142 Å². The molecule has 2 aliphatic heterocycles. The van der Waals surface area contributed by atoms with Crippen molar-refractivity contribution in [2.75, 3.05) is 13.2 Å². The van der Waals surface area contributed by atoms with Crippen LogP contribution in [0.3, 0.4) is 0 Å². The van der Waals surface area contributed by atoms with E-state index in [9.17, 15) is 14.4 Å². The van der Waals surface area contributed by atoms with Crippen LogP contribution in [0, 0.1) is 17.3 Å². The van der Waals surface area contributed by atoms with E-state index in [0.29, 0.717) is 32.2 Å². The standard InChI is InChI=1S/C44H67N3O4Si/c1-7-8-9-10-15-22-35-23-16-11-12-21-28-44(29-30-45-42(44)50)32-36(46-41(49)39(31-34(2)3)47-40(35)48)33-51-52(43(4,5)6,37-24-17-13-18-25-37)38-26-19-14-20-27-38/h12-14,17-21,24-27,34-36,39H,7-11,15-16,22-23,28-33H2,1-6H3,(H,45,50)(H,46,49)(H,47,48)/b21-12+/t35?,36-,39-,44?/m0/s1. The number of hydrogen-bond acceptors (Lipinski definition) is 4. The molecule has 0 saturated carbocycles. The highest BCUT2D eigenvalue weighted by molar-refractivity contribution is 6.99. The summed E-state index contributed by atoms with van der Waals surface area (Å²) in [7, 11) is -2.93. The normalized spacial score (nSPS) is 24.5. The van der Waals surface area contributed by atoms with E-state index in [4.69, 9.17) is 4.43 Å². The molecule has 0 radical (unpaired) electrons. The second kappa shape index (κ2) is 19.7. The average molecular weight is 730 g/mol. The number of amides is 3. The van der Waals surface area contributed by atoms with Gasteiger partial charge in [0.05, 0.1) is 18.1 Å². The van der Waals surface area contributed by atoms with Crippen molar-refractivity contribution in [1.29, 1.82) is 0 Å². The van der Waals surface area contributed by atoms with Crippen molar-refractivity contribution in [3.8, 4) is 0 Å². The fourth-order valence-corrected chi connectivity index (χ4v) is 13.0. The number of nitrogens with one attached hydrogen (secondary N) is 3.